The zero-order valence-electron chi connectivity index (χ0n) is 11.2. The third-order valence-electron chi connectivity index (χ3n) is 3.84. The summed E-state index contributed by atoms with van der Waals surface area (Å²) in [5, 5.41) is 3.38. The van der Waals surface area contributed by atoms with Gasteiger partial charge in [-0.2, -0.15) is 11.8 Å². The first-order chi connectivity index (χ1) is 8.70. The Bertz CT molecular complexity index is 388. The Morgan fingerprint density at radius 1 is 1.39 bits per heavy atom. The van der Waals surface area contributed by atoms with Gasteiger partial charge in [0, 0.05) is 6.04 Å². The molecule has 1 atom stereocenters. The van der Waals surface area contributed by atoms with Gasteiger partial charge in [-0.3, -0.25) is 0 Å². The molecule has 0 spiro atoms. The van der Waals surface area contributed by atoms with E-state index in [2.05, 4.69) is 17.1 Å². The largest absolute Gasteiger partial charge is 0.313 e. The van der Waals surface area contributed by atoms with Gasteiger partial charge >= 0.3 is 0 Å². The van der Waals surface area contributed by atoms with Gasteiger partial charge in [0.15, 0.2) is 0 Å². The zero-order valence-corrected chi connectivity index (χ0v) is 12.0. The zero-order chi connectivity index (χ0) is 13.0. The Hall–Kier alpha value is -0.540. The lowest BCUT2D eigenvalue weighted by Crippen LogP contribution is -2.22. The van der Waals surface area contributed by atoms with Gasteiger partial charge < -0.3 is 5.32 Å². The van der Waals surface area contributed by atoms with Crippen LogP contribution in [0.5, 0.6) is 0 Å². The molecule has 1 fully saturated rings. The fourth-order valence-electron chi connectivity index (χ4n) is 2.62. The summed E-state index contributed by atoms with van der Waals surface area (Å²) in [6.45, 7) is 1.84. The molecule has 1 saturated heterocycles. The summed E-state index contributed by atoms with van der Waals surface area (Å²) >= 11 is 2.06. The average molecular weight is 267 g/mol. The second kappa shape index (κ2) is 6.58. The maximum atomic E-state index is 13.3. The van der Waals surface area contributed by atoms with E-state index in [4.69, 9.17) is 0 Å². The van der Waals surface area contributed by atoms with E-state index in [1.165, 1.54) is 36.3 Å². The summed E-state index contributed by atoms with van der Waals surface area (Å²) in [6.07, 6.45) is 3.81. The van der Waals surface area contributed by atoms with Crippen LogP contribution in [0.3, 0.4) is 0 Å². The summed E-state index contributed by atoms with van der Waals surface area (Å²) in [5.74, 6) is 3.30. The Kier molecular flexibility index (Phi) is 5.07. The Balaban J connectivity index is 2.04. The average Bonchev–Trinajstić information content (AvgIpc) is 2.40. The maximum absolute atomic E-state index is 13.3. The van der Waals surface area contributed by atoms with Crippen LogP contribution in [0.1, 0.15) is 36.4 Å². The monoisotopic (exact) mass is 267 g/mol. The summed E-state index contributed by atoms with van der Waals surface area (Å²) in [7, 11) is 2.00. The van der Waals surface area contributed by atoms with Crippen molar-refractivity contribution in [3.05, 3.63) is 35.1 Å². The van der Waals surface area contributed by atoms with Gasteiger partial charge in [-0.1, -0.05) is 12.1 Å². The highest BCUT2D eigenvalue weighted by Gasteiger charge is 2.19. The van der Waals surface area contributed by atoms with E-state index in [0.717, 1.165) is 11.5 Å². The SMILES string of the molecule is CNC(CC1CCSCC1)c1ccc(F)c(C)c1. The molecule has 1 aromatic rings. The summed E-state index contributed by atoms with van der Waals surface area (Å²) in [6, 6.07) is 5.85. The number of hydrogen-bond donors (Lipinski definition) is 1. The molecule has 0 amide bonds. The molecule has 2 rings (SSSR count). The molecule has 0 aromatic heterocycles. The van der Waals surface area contributed by atoms with Crippen LogP contribution in [0.25, 0.3) is 0 Å². The highest BCUT2D eigenvalue weighted by Crippen LogP contribution is 2.31. The fraction of sp³-hybridized carbons (Fsp3) is 0.600. The minimum absolute atomic E-state index is 0.109. The van der Waals surface area contributed by atoms with E-state index in [-0.39, 0.29) is 5.82 Å². The van der Waals surface area contributed by atoms with E-state index in [1.54, 1.807) is 6.07 Å². The molecule has 0 radical (unpaired) electrons. The van der Waals surface area contributed by atoms with E-state index in [0.29, 0.717) is 6.04 Å². The van der Waals surface area contributed by atoms with Gasteiger partial charge in [0.05, 0.1) is 0 Å². The Morgan fingerprint density at radius 2 is 2.11 bits per heavy atom. The molecule has 1 N–H and O–H groups in total. The predicted octanol–water partition coefficient (Wildman–Crippen LogP) is 3.93. The maximum Gasteiger partial charge on any atom is 0.126 e. The summed E-state index contributed by atoms with van der Waals surface area (Å²) in [4.78, 5) is 0. The quantitative estimate of drug-likeness (QED) is 0.887. The van der Waals surface area contributed by atoms with Crippen LogP contribution in [0.2, 0.25) is 0 Å². The first-order valence-corrected chi connectivity index (χ1v) is 7.87. The summed E-state index contributed by atoms with van der Waals surface area (Å²) in [5.41, 5.74) is 1.96. The van der Waals surface area contributed by atoms with Crippen LogP contribution in [0, 0.1) is 18.7 Å². The number of rotatable bonds is 4. The lowest BCUT2D eigenvalue weighted by atomic mass is 9.90. The lowest BCUT2D eigenvalue weighted by Gasteiger charge is -2.26. The van der Waals surface area contributed by atoms with Gasteiger partial charge in [-0.15, -0.1) is 0 Å². The van der Waals surface area contributed by atoms with Crippen molar-refractivity contribution in [3.8, 4) is 0 Å². The van der Waals surface area contributed by atoms with Crippen LogP contribution in [0.4, 0.5) is 4.39 Å². The summed E-state index contributed by atoms with van der Waals surface area (Å²) < 4.78 is 13.3. The molecule has 100 valence electrons. The number of hydrogen-bond acceptors (Lipinski definition) is 2. The van der Waals surface area contributed by atoms with E-state index < -0.39 is 0 Å². The third-order valence-corrected chi connectivity index (χ3v) is 4.89. The minimum Gasteiger partial charge on any atom is -0.313 e. The number of thioether (sulfide) groups is 1. The van der Waals surface area contributed by atoms with E-state index >= 15 is 0 Å². The predicted molar refractivity (Wildman–Crippen MR) is 77.6 cm³/mol. The van der Waals surface area contributed by atoms with E-state index in [1.807, 2.05) is 26.1 Å². The third kappa shape index (κ3) is 3.48. The molecule has 1 unspecified atom stereocenters. The number of halogens is 1. The van der Waals surface area contributed by atoms with Gasteiger partial charge in [-0.25, -0.2) is 4.39 Å². The molecule has 1 aliphatic rings. The van der Waals surface area contributed by atoms with Crippen molar-refractivity contribution < 1.29 is 4.39 Å². The molecule has 1 aromatic carbocycles. The molecule has 0 bridgehead atoms. The highest BCUT2D eigenvalue weighted by atomic mass is 32.2. The fourth-order valence-corrected chi connectivity index (χ4v) is 3.82. The normalized spacial score (nSPS) is 18.8. The second-order valence-corrected chi connectivity index (χ2v) is 6.37. The van der Waals surface area contributed by atoms with Crippen molar-refractivity contribution in [2.45, 2.75) is 32.2 Å². The van der Waals surface area contributed by atoms with E-state index in [9.17, 15) is 4.39 Å². The smallest absolute Gasteiger partial charge is 0.126 e. The molecule has 0 aliphatic carbocycles. The van der Waals surface area contributed by atoms with Crippen LogP contribution >= 0.6 is 11.8 Å². The van der Waals surface area contributed by atoms with Crippen molar-refractivity contribution in [1.29, 1.82) is 0 Å². The minimum atomic E-state index is -0.109. The molecule has 0 saturated carbocycles. The van der Waals surface area contributed by atoms with Crippen LogP contribution in [-0.4, -0.2) is 18.6 Å². The second-order valence-electron chi connectivity index (χ2n) is 5.14. The van der Waals surface area contributed by atoms with Crippen LogP contribution < -0.4 is 5.32 Å². The molecular formula is C15H22FNS. The topological polar surface area (TPSA) is 12.0 Å². The van der Waals surface area contributed by atoms with Crippen molar-refractivity contribution in [3.63, 3.8) is 0 Å². The van der Waals surface area contributed by atoms with Gasteiger partial charge in [0.1, 0.15) is 5.82 Å². The lowest BCUT2D eigenvalue weighted by molar-refractivity contribution is 0.384. The first kappa shape index (κ1) is 13.9. The van der Waals surface area contributed by atoms with Gasteiger partial charge in [0.2, 0.25) is 0 Å². The molecule has 3 heteroatoms. The van der Waals surface area contributed by atoms with Gasteiger partial charge in [0.25, 0.3) is 0 Å². The number of benzene rings is 1. The van der Waals surface area contributed by atoms with Crippen molar-refractivity contribution in [1.82, 2.24) is 5.32 Å². The Labute approximate surface area is 114 Å². The number of nitrogens with one attached hydrogen (secondary N) is 1. The standard InChI is InChI=1S/C15H22FNS/c1-11-9-13(3-4-14(11)16)15(17-2)10-12-5-7-18-8-6-12/h3-4,9,12,15,17H,5-8,10H2,1-2H3. The molecule has 1 nitrogen and oxygen atoms in total. The number of aryl methyl sites for hydroxylation is 1. The molecule has 1 aliphatic heterocycles. The van der Waals surface area contributed by atoms with Crippen molar-refractivity contribution >= 4 is 11.8 Å². The molecule has 1 heterocycles. The van der Waals surface area contributed by atoms with Crippen LogP contribution in [0.15, 0.2) is 18.2 Å². The van der Waals surface area contributed by atoms with Gasteiger partial charge in [-0.05, 0) is 67.9 Å². The van der Waals surface area contributed by atoms with Crippen molar-refractivity contribution in [2.24, 2.45) is 5.92 Å². The Morgan fingerprint density at radius 3 is 2.72 bits per heavy atom. The first-order valence-electron chi connectivity index (χ1n) is 6.71. The van der Waals surface area contributed by atoms with Crippen LogP contribution in [-0.2, 0) is 0 Å². The molecule has 18 heavy (non-hydrogen) atoms. The van der Waals surface area contributed by atoms with Crippen molar-refractivity contribution in [2.75, 3.05) is 18.6 Å². The highest BCUT2D eigenvalue weighted by molar-refractivity contribution is 7.99. The molecular weight excluding hydrogens is 245 g/mol.